The fraction of sp³-hybridized carbons (Fsp3) is 0.355. The van der Waals surface area contributed by atoms with Crippen molar-refractivity contribution in [2.75, 3.05) is 18.6 Å². The number of Topliss-reactive ketones (excluding diaryl/α,β-unsaturated/α-hetero) is 1. The molecule has 214 valence electrons. The second-order valence-electron chi connectivity index (χ2n) is 10.2. The molecule has 1 fully saturated rings. The molecule has 2 atom stereocenters. The van der Waals surface area contributed by atoms with E-state index in [-0.39, 0.29) is 27.4 Å². The maximum Gasteiger partial charge on any atom is 0.350 e. The molecule has 9 nitrogen and oxygen atoms in total. The molecule has 0 spiro atoms. The number of unbranched alkanes of at least 4 members (excludes halogenated alkanes) is 2. The third-order valence-corrected chi connectivity index (χ3v) is 8.33. The first-order valence-electron chi connectivity index (χ1n) is 13.6. The number of aryl methyl sites for hydroxylation is 1. The Morgan fingerprint density at radius 2 is 1.93 bits per heavy atom. The van der Waals surface area contributed by atoms with Crippen LogP contribution in [0.3, 0.4) is 0 Å². The van der Waals surface area contributed by atoms with Crippen molar-refractivity contribution in [2.45, 2.75) is 58.6 Å². The van der Waals surface area contributed by atoms with Gasteiger partial charge in [-0.05, 0) is 61.7 Å². The summed E-state index contributed by atoms with van der Waals surface area (Å²) in [5.41, 5.74) is 2.21. The van der Waals surface area contributed by atoms with Crippen LogP contribution in [-0.4, -0.2) is 47.6 Å². The van der Waals surface area contributed by atoms with Crippen LogP contribution >= 0.6 is 11.3 Å². The van der Waals surface area contributed by atoms with Crippen molar-refractivity contribution in [1.29, 1.82) is 0 Å². The van der Waals surface area contributed by atoms with E-state index in [1.165, 1.54) is 12.0 Å². The predicted molar refractivity (Wildman–Crippen MR) is 155 cm³/mol. The molecule has 5 rings (SSSR count). The number of esters is 1. The van der Waals surface area contributed by atoms with Gasteiger partial charge in [-0.3, -0.25) is 14.5 Å². The van der Waals surface area contributed by atoms with Gasteiger partial charge in [-0.15, -0.1) is 0 Å². The number of fused-ring (bicyclic) bond motifs is 1. The molecular formula is C31H32N2O7S. The number of rotatable bonds is 9. The van der Waals surface area contributed by atoms with E-state index in [9.17, 15) is 19.5 Å². The maximum absolute atomic E-state index is 13.6. The number of ketones is 1. The van der Waals surface area contributed by atoms with Gasteiger partial charge in [0.15, 0.2) is 5.13 Å². The van der Waals surface area contributed by atoms with Gasteiger partial charge in [0.05, 0.1) is 31.0 Å². The number of hydrogen-bond donors (Lipinski definition) is 1. The van der Waals surface area contributed by atoms with Crippen LogP contribution in [0.4, 0.5) is 5.13 Å². The number of carbonyl (C=O) groups is 3. The molecule has 0 radical (unpaired) electrons. The van der Waals surface area contributed by atoms with Crippen molar-refractivity contribution in [3.05, 3.63) is 75.3 Å². The van der Waals surface area contributed by atoms with E-state index in [1.54, 1.807) is 49.4 Å². The topological polar surface area (TPSA) is 115 Å². The third-order valence-electron chi connectivity index (χ3n) is 7.19. The molecule has 1 saturated heterocycles. The van der Waals surface area contributed by atoms with Crippen molar-refractivity contribution in [2.24, 2.45) is 0 Å². The summed E-state index contributed by atoms with van der Waals surface area (Å²) in [6.07, 6.45) is 3.77. The number of methoxy groups -OCH3 is 1. The molecule has 41 heavy (non-hydrogen) atoms. The summed E-state index contributed by atoms with van der Waals surface area (Å²) >= 11 is 0.960. The zero-order chi connectivity index (χ0) is 29.3. The number of aromatic nitrogens is 1. The maximum atomic E-state index is 13.6. The largest absolute Gasteiger partial charge is 0.507 e. The van der Waals surface area contributed by atoms with Gasteiger partial charge in [0.1, 0.15) is 28.2 Å². The quantitative estimate of drug-likeness (QED) is 0.112. The molecule has 1 amide bonds. The molecule has 3 heterocycles. The summed E-state index contributed by atoms with van der Waals surface area (Å²) in [5.74, 6) is -1.18. The van der Waals surface area contributed by atoms with Gasteiger partial charge < -0.3 is 19.3 Å². The zero-order valence-corrected chi connectivity index (χ0v) is 24.2. The Balaban J connectivity index is 1.59. The standard InChI is InChI=1S/C31H32N2O7S/c1-5-6-7-14-39-22-11-8-19(9-12-22)25-24(26(34)20-10-13-23-21(16-20)15-17(2)40-23)27(35)29(36)33(25)31-32-18(3)28(41-31)30(37)38-4/h8-13,16-17,25,34H,5-7,14-15H2,1-4H3. The van der Waals surface area contributed by atoms with E-state index < -0.39 is 23.7 Å². The average molecular weight is 577 g/mol. The number of amides is 1. The highest BCUT2D eigenvalue weighted by Crippen LogP contribution is 2.44. The number of nitrogens with zero attached hydrogens (tertiary/aromatic N) is 2. The Labute approximate surface area is 242 Å². The number of carbonyl (C=O) groups excluding carboxylic acids is 3. The van der Waals surface area contributed by atoms with Crippen LogP contribution < -0.4 is 14.4 Å². The second-order valence-corrected chi connectivity index (χ2v) is 11.1. The highest BCUT2D eigenvalue weighted by Gasteiger charge is 2.48. The molecular weight excluding hydrogens is 544 g/mol. The highest BCUT2D eigenvalue weighted by atomic mass is 32.1. The molecule has 10 heteroatoms. The lowest BCUT2D eigenvalue weighted by atomic mass is 9.94. The monoisotopic (exact) mass is 576 g/mol. The molecule has 2 aromatic carbocycles. The van der Waals surface area contributed by atoms with Gasteiger partial charge >= 0.3 is 11.9 Å². The lowest BCUT2D eigenvalue weighted by Crippen LogP contribution is -2.29. The summed E-state index contributed by atoms with van der Waals surface area (Å²) in [6.45, 7) is 6.30. The number of anilines is 1. The van der Waals surface area contributed by atoms with E-state index in [2.05, 4.69) is 11.9 Å². The fourth-order valence-electron chi connectivity index (χ4n) is 5.13. The normalized spacial score (nSPS) is 19.3. The molecule has 2 unspecified atom stereocenters. The average Bonchev–Trinajstić information content (AvgIpc) is 3.62. The van der Waals surface area contributed by atoms with Crippen LogP contribution in [0.1, 0.15) is 71.2 Å². The number of ether oxygens (including phenoxy) is 3. The number of hydrogen-bond acceptors (Lipinski definition) is 9. The number of benzene rings is 2. The van der Waals surface area contributed by atoms with Gasteiger partial charge in [0.25, 0.3) is 5.78 Å². The van der Waals surface area contributed by atoms with Crippen molar-refractivity contribution < 1.29 is 33.7 Å². The Kier molecular flexibility index (Phi) is 8.12. The van der Waals surface area contributed by atoms with Gasteiger partial charge in [0.2, 0.25) is 0 Å². The summed E-state index contributed by atoms with van der Waals surface area (Å²) in [5, 5.41) is 11.7. The van der Waals surface area contributed by atoms with Crippen LogP contribution in [0, 0.1) is 6.92 Å². The van der Waals surface area contributed by atoms with Crippen molar-refractivity contribution in [1.82, 2.24) is 4.98 Å². The first-order valence-corrected chi connectivity index (χ1v) is 14.4. The van der Waals surface area contributed by atoms with Gasteiger partial charge in [-0.25, -0.2) is 9.78 Å². The van der Waals surface area contributed by atoms with Crippen molar-refractivity contribution >= 4 is 39.9 Å². The first kappa shape index (κ1) is 28.4. The molecule has 2 aliphatic rings. The Morgan fingerprint density at radius 3 is 2.63 bits per heavy atom. The number of aliphatic hydroxyl groups excluding tert-OH is 1. The minimum absolute atomic E-state index is 0.00725. The summed E-state index contributed by atoms with van der Waals surface area (Å²) < 4.78 is 16.5. The molecule has 0 saturated carbocycles. The molecule has 0 bridgehead atoms. The zero-order valence-electron chi connectivity index (χ0n) is 23.4. The van der Waals surface area contributed by atoms with E-state index in [0.717, 1.165) is 41.9 Å². The molecule has 0 aliphatic carbocycles. The number of thiazole rings is 1. The molecule has 1 aromatic heterocycles. The van der Waals surface area contributed by atoms with Crippen LogP contribution in [0.15, 0.2) is 48.0 Å². The molecule has 2 aliphatic heterocycles. The lowest BCUT2D eigenvalue weighted by molar-refractivity contribution is -0.132. The summed E-state index contributed by atoms with van der Waals surface area (Å²) in [6, 6.07) is 11.3. The highest BCUT2D eigenvalue weighted by molar-refractivity contribution is 7.17. The first-order chi connectivity index (χ1) is 19.7. The van der Waals surface area contributed by atoms with E-state index in [0.29, 0.717) is 35.6 Å². The Bertz CT molecular complexity index is 1530. The van der Waals surface area contributed by atoms with Crippen molar-refractivity contribution in [3.8, 4) is 11.5 Å². The van der Waals surface area contributed by atoms with Crippen LogP contribution in [0.2, 0.25) is 0 Å². The predicted octanol–water partition coefficient (Wildman–Crippen LogP) is 5.76. The smallest absolute Gasteiger partial charge is 0.350 e. The number of aliphatic hydroxyl groups is 1. The van der Waals surface area contributed by atoms with Gasteiger partial charge in [-0.1, -0.05) is 43.2 Å². The van der Waals surface area contributed by atoms with Crippen LogP contribution in [0.5, 0.6) is 11.5 Å². The van der Waals surface area contributed by atoms with Crippen LogP contribution in [0.25, 0.3) is 5.76 Å². The third kappa shape index (κ3) is 5.44. The second kappa shape index (κ2) is 11.7. The lowest BCUT2D eigenvalue weighted by Gasteiger charge is -2.23. The van der Waals surface area contributed by atoms with Gasteiger partial charge in [-0.2, -0.15) is 0 Å². The van der Waals surface area contributed by atoms with E-state index in [1.807, 2.05) is 6.92 Å². The Hall–Kier alpha value is -4.18. The van der Waals surface area contributed by atoms with Crippen LogP contribution in [-0.2, 0) is 20.7 Å². The molecule has 3 aromatic rings. The minimum atomic E-state index is -0.983. The summed E-state index contributed by atoms with van der Waals surface area (Å²) in [7, 11) is 1.27. The fourth-order valence-corrected chi connectivity index (χ4v) is 6.14. The van der Waals surface area contributed by atoms with E-state index >= 15 is 0 Å². The molecule has 1 N–H and O–H groups in total. The SMILES string of the molecule is CCCCCOc1ccc(C2C(=C(O)c3ccc4c(c3)CC(C)O4)C(=O)C(=O)N2c2nc(C)c(C(=O)OC)s2)cc1. The minimum Gasteiger partial charge on any atom is -0.507 e. The Morgan fingerprint density at radius 1 is 1.17 bits per heavy atom. The van der Waals surface area contributed by atoms with Crippen molar-refractivity contribution in [3.63, 3.8) is 0 Å². The summed E-state index contributed by atoms with van der Waals surface area (Å²) in [4.78, 5) is 45.3. The van der Waals surface area contributed by atoms with E-state index in [4.69, 9.17) is 14.2 Å². The van der Waals surface area contributed by atoms with Gasteiger partial charge in [0, 0.05) is 12.0 Å².